The van der Waals surface area contributed by atoms with Crippen LogP contribution < -0.4 is 14.9 Å². The maximum atomic E-state index is 12.9. The van der Waals surface area contributed by atoms with Crippen LogP contribution in [-0.2, 0) is 4.74 Å². The molecule has 1 aromatic heterocycles. The van der Waals surface area contributed by atoms with Gasteiger partial charge in [0.2, 0.25) is 0 Å². The van der Waals surface area contributed by atoms with E-state index in [2.05, 4.69) is 10.2 Å². The SMILES string of the molecule is COc1ccccc1-n1c(-c2cccc(C(=O)NCCCCN3CCN(C(=O)OC(C)(C)C)CC3)c2)csc1=O. The Morgan fingerprint density at radius 3 is 2.48 bits per heavy atom. The number of para-hydroxylation sites is 2. The number of hydrogen-bond acceptors (Lipinski definition) is 7. The van der Waals surface area contributed by atoms with Crippen molar-refractivity contribution in [3.8, 4) is 22.7 Å². The van der Waals surface area contributed by atoms with Gasteiger partial charge in [-0.25, -0.2) is 4.79 Å². The smallest absolute Gasteiger partial charge is 0.410 e. The predicted molar refractivity (Wildman–Crippen MR) is 158 cm³/mol. The lowest BCUT2D eigenvalue weighted by molar-refractivity contribution is 0.0144. The van der Waals surface area contributed by atoms with Gasteiger partial charge in [-0.2, -0.15) is 0 Å². The fourth-order valence-electron chi connectivity index (χ4n) is 4.61. The number of nitrogens with zero attached hydrogens (tertiary/aromatic N) is 3. The minimum atomic E-state index is -0.484. The zero-order valence-electron chi connectivity index (χ0n) is 23.6. The molecule has 1 saturated heterocycles. The third kappa shape index (κ3) is 7.51. The summed E-state index contributed by atoms with van der Waals surface area (Å²) in [6.45, 7) is 10.1. The highest BCUT2D eigenvalue weighted by molar-refractivity contribution is 7.07. The molecule has 2 aromatic carbocycles. The van der Waals surface area contributed by atoms with Crippen LogP contribution in [0.3, 0.4) is 0 Å². The van der Waals surface area contributed by atoms with E-state index in [1.165, 1.54) is 0 Å². The highest BCUT2D eigenvalue weighted by atomic mass is 32.1. The molecule has 1 aliphatic heterocycles. The van der Waals surface area contributed by atoms with Gasteiger partial charge in [-0.3, -0.25) is 19.1 Å². The first-order valence-corrected chi connectivity index (χ1v) is 14.5. The standard InChI is InChI=1S/C30H38N4O5S/c1-30(2,3)39-28(36)33-18-16-32(17-19-33)15-8-7-14-31-27(35)23-11-9-10-22(20-23)25-21-40-29(37)34(25)24-12-5-6-13-26(24)38-4/h5-6,9-13,20-21H,7-8,14-19H2,1-4H3,(H,31,35). The highest BCUT2D eigenvalue weighted by Gasteiger charge is 2.25. The van der Waals surface area contributed by atoms with E-state index in [1.54, 1.807) is 28.0 Å². The molecule has 2 amide bonds. The molecule has 2 heterocycles. The molecule has 0 spiro atoms. The first kappa shape index (κ1) is 29.4. The molecule has 10 heteroatoms. The molecule has 0 atom stereocenters. The highest BCUT2D eigenvalue weighted by Crippen LogP contribution is 2.29. The van der Waals surface area contributed by atoms with Crippen LogP contribution in [0.25, 0.3) is 16.9 Å². The Labute approximate surface area is 239 Å². The van der Waals surface area contributed by atoms with Gasteiger partial charge >= 0.3 is 11.0 Å². The summed E-state index contributed by atoms with van der Waals surface area (Å²) in [5.41, 5.74) is 2.21. The van der Waals surface area contributed by atoms with Gasteiger partial charge in [0.25, 0.3) is 5.91 Å². The van der Waals surface area contributed by atoms with Crippen LogP contribution in [0.5, 0.6) is 5.75 Å². The van der Waals surface area contributed by atoms with Crippen LogP contribution in [0.1, 0.15) is 44.0 Å². The molecule has 1 N–H and O–H groups in total. The topological polar surface area (TPSA) is 93.1 Å². The zero-order valence-corrected chi connectivity index (χ0v) is 24.5. The molecule has 40 heavy (non-hydrogen) atoms. The van der Waals surface area contributed by atoms with E-state index >= 15 is 0 Å². The van der Waals surface area contributed by atoms with E-state index in [0.717, 1.165) is 49.4 Å². The number of carbonyl (C=O) groups is 2. The van der Waals surface area contributed by atoms with Crippen molar-refractivity contribution >= 4 is 23.3 Å². The van der Waals surface area contributed by atoms with Gasteiger partial charge in [-0.15, -0.1) is 0 Å². The molecular formula is C30H38N4O5S. The quantitative estimate of drug-likeness (QED) is 0.380. The van der Waals surface area contributed by atoms with Gasteiger partial charge in [0.05, 0.1) is 18.5 Å². The summed E-state index contributed by atoms with van der Waals surface area (Å²) in [5, 5.41) is 4.82. The average molecular weight is 567 g/mol. The lowest BCUT2D eigenvalue weighted by Gasteiger charge is -2.35. The van der Waals surface area contributed by atoms with Crippen LogP contribution in [0.2, 0.25) is 0 Å². The van der Waals surface area contributed by atoms with E-state index in [9.17, 15) is 14.4 Å². The number of methoxy groups -OCH3 is 1. The number of piperazine rings is 1. The second-order valence-corrected chi connectivity index (χ2v) is 11.6. The number of carbonyl (C=O) groups excluding carboxylic acids is 2. The largest absolute Gasteiger partial charge is 0.495 e. The van der Waals surface area contributed by atoms with Gasteiger partial charge in [-0.1, -0.05) is 35.6 Å². The molecule has 0 unspecified atom stereocenters. The molecule has 4 rings (SSSR count). The van der Waals surface area contributed by atoms with E-state index in [4.69, 9.17) is 9.47 Å². The Bertz CT molecular complexity index is 1370. The molecule has 0 saturated carbocycles. The zero-order chi connectivity index (χ0) is 28.7. The third-order valence-electron chi connectivity index (χ3n) is 6.65. The fraction of sp³-hybridized carbons (Fsp3) is 0.433. The van der Waals surface area contributed by atoms with Crippen molar-refractivity contribution < 1.29 is 19.1 Å². The first-order chi connectivity index (χ1) is 19.2. The Kier molecular flexibility index (Phi) is 9.65. The Morgan fingerprint density at radius 1 is 1.00 bits per heavy atom. The molecule has 1 aliphatic rings. The van der Waals surface area contributed by atoms with Crippen LogP contribution >= 0.6 is 11.3 Å². The molecular weight excluding hydrogens is 528 g/mol. The second kappa shape index (κ2) is 13.1. The maximum Gasteiger partial charge on any atom is 0.410 e. The number of nitrogens with one attached hydrogen (secondary N) is 1. The Morgan fingerprint density at radius 2 is 1.75 bits per heavy atom. The Hall–Kier alpha value is -3.63. The molecule has 214 valence electrons. The predicted octanol–water partition coefficient (Wildman–Crippen LogP) is 4.64. The van der Waals surface area contributed by atoms with Gasteiger partial charge in [-0.05, 0) is 64.4 Å². The monoisotopic (exact) mass is 566 g/mol. The van der Waals surface area contributed by atoms with Crippen molar-refractivity contribution in [1.82, 2.24) is 19.7 Å². The summed E-state index contributed by atoms with van der Waals surface area (Å²) < 4.78 is 12.5. The van der Waals surface area contributed by atoms with Crippen molar-refractivity contribution in [2.24, 2.45) is 0 Å². The van der Waals surface area contributed by atoms with Gasteiger partial charge in [0, 0.05) is 49.2 Å². The summed E-state index contributed by atoms with van der Waals surface area (Å²) in [6.07, 6.45) is 1.56. The summed E-state index contributed by atoms with van der Waals surface area (Å²) in [5.74, 6) is 0.456. The van der Waals surface area contributed by atoms with E-state index in [1.807, 2.05) is 63.2 Å². The van der Waals surface area contributed by atoms with Gasteiger partial charge in [0.1, 0.15) is 11.4 Å². The second-order valence-electron chi connectivity index (χ2n) is 10.7. The molecule has 9 nitrogen and oxygen atoms in total. The summed E-state index contributed by atoms with van der Waals surface area (Å²) in [4.78, 5) is 41.8. The van der Waals surface area contributed by atoms with Gasteiger partial charge in [0.15, 0.2) is 0 Å². The molecule has 0 radical (unpaired) electrons. The number of benzene rings is 2. The number of aromatic nitrogens is 1. The summed E-state index contributed by atoms with van der Waals surface area (Å²) in [6, 6.07) is 14.7. The number of hydrogen-bond donors (Lipinski definition) is 1. The Balaban J connectivity index is 1.27. The number of unbranched alkanes of at least 4 members (excludes halogenated alkanes) is 1. The summed E-state index contributed by atoms with van der Waals surface area (Å²) >= 11 is 1.11. The van der Waals surface area contributed by atoms with Crippen molar-refractivity contribution in [3.63, 3.8) is 0 Å². The number of ether oxygens (including phenoxy) is 2. The van der Waals surface area contributed by atoms with Crippen molar-refractivity contribution in [3.05, 3.63) is 69.1 Å². The molecule has 0 aliphatic carbocycles. The van der Waals surface area contributed by atoms with E-state index in [-0.39, 0.29) is 16.9 Å². The molecule has 1 fully saturated rings. The number of thiazole rings is 1. The van der Waals surface area contributed by atoms with Crippen LogP contribution in [-0.4, -0.2) is 78.3 Å². The van der Waals surface area contributed by atoms with E-state index in [0.29, 0.717) is 42.3 Å². The number of rotatable bonds is 9. The first-order valence-electron chi connectivity index (χ1n) is 13.6. The summed E-state index contributed by atoms with van der Waals surface area (Å²) in [7, 11) is 1.58. The van der Waals surface area contributed by atoms with Crippen molar-refractivity contribution in [1.29, 1.82) is 0 Å². The molecule has 0 bridgehead atoms. The van der Waals surface area contributed by atoms with E-state index < -0.39 is 5.60 Å². The third-order valence-corrected chi connectivity index (χ3v) is 7.38. The molecule has 3 aromatic rings. The van der Waals surface area contributed by atoms with Crippen LogP contribution in [0.4, 0.5) is 4.79 Å². The van der Waals surface area contributed by atoms with Gasteiger partial charge < -0.3 is 19.7 Å². The number of amides is 2. The minimum absolute atomic E-state index is 0.124. The fourth-order valence-corrected chi connectivity index (χ4v) is 5.37. The van der Waals surface area contributed by atoms with Crippen LogP contribution in [0.15, 0.2) is 58.7 Å². The average Bonchev–Trinajstić information content (AvgIpc) is 3.33. The maximum absolute atomic E-state index is 12.9. The van der Waals surface area contributed by atoms with Crippen LogP contribution in [0, 0.1) is 0 Å². The van der Waals surface area contributed by atoms with Crippen molar-refractivity contribution in [2.75, 3.05) is 46.4 Å². The van der Waals surface area contributed by atoms with Crippen molar-refractivity contribution in [2.45, 2.75) is 39.2 Å². The lowest BCUT2D eigenvalue weighted by atomic mass is 10.1. The lowest BCUT2D eigenvalue weighted by Crippen LogP contribution is -2.50. The minimum Gasteiger partial charge on any atom is -0.495 e. The normalized spacial score (nSPS) is 14.2.